The number of benzene rings is 2. The molecule has 0 aliphatic rings. The van der Waals surface area contributed by atoms with E-state index < -0.39 is 30.1 Å². The van der Waals surface area contributed by atoms with E-state index in [0.29, 0.717) is 5.56 Å². The van der Waals surface area contributed by atoms with E-state index in [1.54, 1.807) is 12.1 Å². The smallest absolute Gasteiger partial charge is 0.325 e. The van der Waals surface area contributed by atoms with Gasteiger partial charge in [-0.1, -0.05) is 45.0 Å². The Balaban J connectivity index is 1.82. The average Bonchev–Trinajstić information content (AvgIpc) is 2.64. The Kier molecular flexibility index (Phi) is 6.45. The molecule has 1 amide bonds. The topological polar surface area (TPSA) is 72.5 Å². The third-order valence-corrected chi connectivity index (χ3v) is 3.94. The van der Waals surface area contributed by atoms with E-state index in [1.807, 2.05) is 12.1 Å². The summed E-state index contributed by atoms with van der Waals surface area (Å²) in [6.07, 6.45) is 0. The number of hydrogen-bond acceptors (Lipinski definition) is 4. The second-order valence-electron chi connectivity index (χ2n) is 7.07. The van der Waals surface area contributed by atoms with Crippen molar-refractivity contribution in [3.05, 3.63) is 71.0 Å². The van der Waals surface area contributed by atoms with Gasteiger partial charge in [0.15, 0.2) is 6.61 Å². The molecule has 0 bridgehead atoms. The Hall–Kier alpha value is -3.02. The molecule has 27 heavy (non-hydrogen) atoms. The fourth-order valence-electron chi connectivity index (χ4n) is 2.34. The lowest BCUT2D eigenvalue weighted by atomic mass is 9.87. The average molecular weight is 371 g/mol. The standard InChI is InChI=1S/C21H22FNO4/c1-21(2,3)15-10-8-14(9-11-15)20(26)23-12-19(25)27-13-18(24)16-6-4-5-7-17(16)22/h4-11H,12-13H2,1-3H3,(H,23,26). The van der Waals surface area contributed by atoms with Crippen molar-refractivity contribution in [1.82, 2.24) is 5.32 Å². The van der Waals surface area contributed by atoms with Gasteiger partial charge in [-0.05, 0) is 35.2 Å². The van der Waals surface area contributed by atoms with Gasteiger partial charge in [0.2, 0.25) is 5.78 Å². The van der Waals surface area contributed by atoms with Crippen molar-refractivity contribution in [3.63, 3.8) is 0 Å². The highest BCUT2D eigenvalue weighted by atomic mass is 19.1. The highest BCUT2D eigenvalue weighted by Crippen LogP contribution is 2.22. The van der Waals surface area contributed by atoms with E-state index in [-0.39, 0.29) is 17.5 Å². The van der Waals surface area contributed by atoms with Gasteiger partial charge in [-0.2, -0.15) is 0 Å². The van der Waals surface area contributed by atoms with Gasteiger partial charge in [-0.15, -0.1) is 0 Å². The van der Waals surface area contributed by atoms with Crippen LogP contribution in [0.2, 0.25) is 0 Å². The summed E-state index contributed by atoms with van der Waals surface area (Å²) < 4.78 is 18.3. The Bertz CT molecular complexity index is 838. The first-order chi connectivity index (χ1) is 12.7. The van der Waals surface area contributed by atoms with E-state index in [1.165, 1.54) is 18.2 Å². The zero-order valence-corrected chi connectivity index (χ0v) is 15.5. The fraction of sp³-hybridized carbons (Fsp3) is 0.286. The number of Topliss-reactive ketones (excluding diaryl/α,β-unsaturated/α-hetero) is 1. The summed E-state index contributed by atoms with van der Waals surface area (Å²) in [5, 5.41) is 2.43. The summed E-state index contributed by atoms with van der Waals surface area (Å²) >= 11 is 0. The summed E-state index contributed by atoms with van der Waals surface area (Å²) in [5.74, 6) is -2.52. The third-order valence-electron chi connectivity index (χ3n) is 3.94. The lowest BCUT2D eigenvalue weighted by Crippen LogP contribution is -2.31. The van der Waals surface area contributed by atoms with Crippen LogP contribution in [0, 0.1) is 5.82 Å². The summed E-state index contributed by atoms with van der Waals surface area (Å²) in [4.78, 5) is 35.6. The van der Waals surface area contributed by atoms with E-state index in [0.717, 1.165) is 11.6 Å². The number of ketones is 1. The van der Waals surface area contributed by atoms with Crippen LogP contribution in [0.4, 0.5) is 4.39 Å². The maximum Gasteiger partial charge on any atom is 0.325 e. The number of hydrogen-bond donors (Lipinski definition) is 1. The lowest BCUT2D eigenvalue weighted by Gasteiger charge is -2.19. The first kappa shape index (κ1) is 20.3. The summed E-state index contributed by atoms with van der Waals surface area (Å²) in [5.41, 5.74) is 1.33. The van der Waals surface area contributed by atoms with Crippen molar-refractivity contribution < 1.29 is 23.5 Å². The minimum Gasteiger partial charge on any atom is -0.456 e. The van der Waals surface area contributed by atoms with Crippen LogP contribution in [0.1, 0.15) is 47.1 Å². The van der Waals surface area contributed by atoms with Crippen LogP contribution in [0.15, 0.2) is 48.5 Å². The summed E-state index contributed by atoms with van der Waals surface area (Å²) in [6.45, 7) is 5.24. The molecule has 2 aromatic rings. The van der Waals surface area contributed by atoms with Crippen LogP contribution in [0.3, 0.4) is 0 Å². The first-order valence-corrected chi connectivity index (χ1v) is 8.50. The minimum atomic E-state index is -0.778. The molecular weight excluding hydrogens is 349 g/mol. The molecule has 0 radical (unpaired) electrons. The van der Waals surface area contributed by atoms with E-state index in [9.17, 15) is 18.8 Å². The predicted molar refractivity (Wildman–Crippen MR) is 99.2 cm³/mol. The van der Waals surface area contributed by atoms with Crippen molar-refractivity contribution in [3.8, 4) is 0 Å². The molecule has 0 unspecified atom stereocenters. The Morgan fingerprint density at radius 2 is 1.63 bits per heavy atom. The van der Waals surface area contributed by atoms with Gasteiger partial charge in [0.25, 0.3) is 5.91 Å². The molecular formula is C21H22FNO4. The second-order valence-corrected chi connectivity index (χ2v) is 7.07. The molecule has 0 aliphatic carbocycles. The van der Waals surface area contributed by atoms with Gasteiger partial charge >= 0.3 is 5.97 Å². The number of ether oxygens (including phenoxy) is 1. The number of halogens is 1. The monoisotopic (exact) mass is 371 g/mol. The van der Waals surface area contributed by atoms with Gasteiger partial charge < -0.3 is 10.1 Å². The van der Waals surface area contributed by atoms with Crippen molar-refractivity contribution in [2.75, 3.05) is 13.2 Å². The number of esters is 1. The summed E-state index contributed by atoms with van der Waals surface area (Å²) in [7, 11) is 0. The molecule has 0 aliphatic heterocycles. The first-order valence-electron chi connectivity index (χ1n) is 8.50. The number of carbonyl (C=O) groups excluding carboxylic acids is 3. The van der Waals surface area contributed by atoms with Gasteiger partial charge in [-0.25, -0.2) is 4.39 Å². The van der Waals surface area contributed by atoms with Crippen molar-refractivity contribution in [2.24, 2.45) is 0 Å². The normalized spacial score (nSPS) is 11.0. The molecule has 0 saturated heterocycles. The molecule has 142 valence electrons. The van der Waals surface area contributed by atoms with Crippen LogP contribution in [-0.4, -0.2) is 30.8 Å². The number of amides is 1. The second kappa shape index (κ2) is 8.58. The zero-order valence-electron chi connectivity index (χ0n) is 15.5. The minimum absolute atomic E-state index is 0.0242. The molecule has 0 spiro atoms. The third kappa shape index (κ3) is 5.74. The van der Waals surface area contributed by atoms with Crippen molar-refractivity contribution >= 4 is 17.7 Å². The molecule has 0 saturated carbocycles. The largest absolute Gasteiger partial charge is 0.456 e. The van der Waals surface area contributed by atoms with E-state index in [4.69, 9.17) is 4.74 Å². The van der Waals surface area contributed by atoms with Crippen LogP contribution in [0.5, 0.6) is 0 Å². The Morgan fingerprint density at radius 3 is 2.22 bits per heavy atom. The van der Waals surface area contributed by atoms with Crippen LogP contribution in [-0.2, 0) is 14.9 Å². The highest BCUT2D eigenvalue weighted by Gasteiger charge is 2.16. The SMILES string of the molecule is CC(C)(C)c1ccc(C(=O)NCC(=O)OCC(=O)c2ccccc2F)cc1. The number of nitrogens with one attached hydrogen (secondary N) is 1. The van der Waals surface area contributed by atoms with Gasteiger partial charge in [0.05, 0.1) is 5.56 Å². The molecule has 2 aromatic carbocycles. The Labute approximate surface area is 157 Å². The number of rotatable bonds is 6. The van der Waals surface area contributed by atoms with Crippen LogP contribution < -0.4 is 5.32 Å². The molecule has 0 heterocycles. The lowest BCUT2D eigenvalue weighted by molar-refractivity contribution is -0.141. The maximum atomic E-state index is 13.5. The van der Waals surface area contributed by atoms with E-state index >= 15 is 0 Å². The molecule has 0 aromatic heterocycles. The molecule has 6 heteroatoms. The molecule has 1 N–H and O–H groups in total. The summed E-state index contributed by atoms with van der Waals surface area (Å²) in [6, 6.07) is 12.5. The zero-order chi connectivity index (χ0) is 20.0. The molecule has 0 atom stereocenters. The fourth-order valence-corrected chi connectivity index (χ4v) is 2.34. The van der Waals surface area contributed by atoms with Gasteiger partial charge in [-0.3, -0.25) is 14.4 Å². The molecule has 0 fully saturated rings. The Morgan fingerprint density at radius 1 is 1.00 bits per heavy atom. The highest BCUT2D eigenvalue weighted by molar-refractivity contribution is 5.99. The van der Waals surface area contributed by atoms with Gasteiger partial charge in [0.1, 0.15) is 12.4 Å². The number of carbonyl (C=O) groups is 3. The van der Waals surface area contributed by atoms with E-state index in [2.05, 4.69) is 26.1 Å². The van der Waals surface area contributed by atoms with Crippen LogP contribution in [0.25, 0.3) is 0 Å². The predicted octanol–water partition coefficient (Wildman–Crippen LogP) is 3.28. The maximum absolute atomic E-state index is 13.5. The molecule has 2 rings (SSSR count). The van der Waals surface area contributed by atoms with Crippen LogP contribution >= 0.6 is 0 Å². The quantitative estimate of drug-likeness (QED) is 0.625. The van der Waals surface area contributed by atoms with Crippen molar-refractivity contribution in [1.29, 1.82) is 0 Å². The van der Waals surface area contributed by atoms with Crippen molar-refractivity contribution in [2.45, 2.75) is 26.2 Å². The van der Waals surface area contributed by atoms with Gasteiger partial charge in [0, 0.05) is 5.56 Å². The molecule has 5 nitrogen and oxygen atoms in total.